The van der Waals surface area contributed by atoms with E-state index in [0.717, 1.165) is 50.9 Å². The molecule has 3 N–H and O–H groups in total. The summed E-state index contributed by atoms with van der Waals surface area (Å²) in [6.45, 7) is 6.09. The third kappa shape index (κ3) is 32.3. The van der Waals surface area contributed by atoms with Crippen molar-refractivity contribution in [2.24, 2.45) is 5.92 Å². The van der Waals surface area contributed by atoms with Gasteiger partial charge in [-0.2, -0.15) is 0 Å². The first kappa shape index (κ1) is 45.8. The van der Waals surface area contributed by atoms with E-state index in [-0.39, 0.29) is 25.4 Å². The third-order valence-electron chi connectivity index (χ3n) is 8.27. The third-order valence-corrected chi connectivity index (χ3v) is 8.27. The van der Waals surface area contributed by atoms with Crippen molar-refractivity contribution >= 4 is 11.9 Å². The van der Waals surface area contributed by atoms with Crippen molar-refractivity contribution in [3.05, 3.63) is 48.6 Å². The standard InChI is InChI=1S/C41H72O7/c1-4-5-6-7-8-9-10-14-17-20-23-26-30-38(43)39(44)31-28-33-40(45)47-35-37(34-42)48-41(46)32-27-24-21-18-15-12-11-13-16-19-22-25-29-36(2)3/h5-6,8-9,14,17,23,26,36-39,42-44H,4,7,10-13,15-16,18-22,24-25,27-35H2,1-3H3/b6-5-,9-8-,17-14-,26-23-/t37-,38-,39-/m0/s1. The molecule has 0 spiro atoms. The average molecular weight is 677 g/mol. The number of unbranched alkanes of at least 4 members (excludes halogenated alkanes) is 11. The highest BCUT2D eigenvalue weighted by atomic mass is 16.6. The minimum absolute atomic E-state index is 0.0677. The topological polar surface area (TPSA) is 113 Å². The van der Waals surface area contributed by atoms with Crippen LogP contribution in [0.15, 0.2) is 48.6 Å². The summed E-state index contributed by atoms with van der Waals surface area (Å²) in [6, 6.07) is 0. The van der Waals surface area contributed by atoms with E-state index in [2.05, 4.69) is 57.2 Å². The van der Waals surface area contributed by atoms with Gasteiger partial charge in [0.05, 0.1) is 18.8 Å². The molecular weight excluding hydrogens is 604 g/mol. The predicted octanol–water partition coefficient (Wildman–Crippen LogP) is 9.64. The van der Waals surface area contributed by atoms with Gasteiger partial charge in [0.15, 0.2) is 6.10 Å². The molecule has 7 heteroatoms. The van der Waals surface area contributed by atoms with Crippen molar-refractivity contribution in [1.29, 1.82) is 0 Å². The summed E-state index contributed by atoms with van der Waals surface area (Å²) < 4.78 is 10.5. The minimum atomic E-state index is -0.935. The summed E-state index contributed by atoms with van der Waals surface area (Å²) in [5.74, 6) is -0.0552. The number of aliphatic hydroxyl groups is 3. The predicted molar refractivity (Wildman–Crippen MR) is 199 cm³/mol. The molecule has 0 aromatic rings. The molecule has 48 heavy (non-hydrogen) atoms. The van der Waals surface area contributed by atoms with Gasteiger partial charge in [0.2, 0.25) is 0 Å². The Morgan fingerprint density at radius 2 is 1.06 bits per heavy atom. The van der Waals surface area contributed by atoms with Gasteiger partial charge in [0.1, 0.15) is 6.61 Å². The van der Waals surface area contributed by atoms with E-state index in [9.17, 15) is 24.9 Å². The zero-order valence-electron chi connectivity index (χ0n) is 30.9. The number of carbonyl (C=O) groups is 2. The van der Waals surface area contributed by atoms with Crippen LogP contribution >= 0.6 is 0 Å². The maximum atomic E-state index is 12.2. The van der Waals surface area contributed by atoms with Gasteiger partial charge in [-0.15, -0.1) is 0 Å². The van der Waals surface area contributed by atoms with E-state index < -0.39 is 30.9 Å². The highest BCUT2D eigenvalue weighted by Crippen LogP contribution is 2.15. The molecule has 0 aliphatic carbocycles. The van der Waals surface area contributed by atoms with Crippen molar-refractivity contribution in [2.75, 3.05) is 13.2 Å². The van der Waals surface area contributed by atoms with Crippen LogP contribution in [0.4, 0.5) is 0 Å². The van der Waals surface area contributed by atoms with Gasteiger partial charge in [-0.1, -0.05) is 146 Å². The van der Waals surface area contributed by atoms with E-state index in [1.165, 1.54) is 64.2 Å². The fourth-order valence-electron chi connectivity index (χ4n) is 5.24. The second kappa shape index (κ2) is 34.6. The summed E-state index contributed by atoms with van der Waals surface area (Å²) in [6.07, 6.45) is 34.9. The molecule has 0 unspecified atom stereocenters. The smallest absolute Gasteiger partial charge is 0.306 e. The van der Waals surface area contributed by atoms with Crippen LogP contribution < -0.4 is 0 Å². The Balaban J connectivity index is 3.82. The number of ether oxygens (including phenoxy) is 2. The van der Waals surface area contributed by atoms with Crippen LogP contribution in [0, 0.1) is 5.92 Å². The molecule has 0 aromatic heterocycles. The van der Waals surface area contributed by atoms with Crippen LogP contribution in [0.2, 0.25) is 0 Å². The molecule has 0 amide bonds. The lowest BCUT2D eigenvalue weighted by Gasteiger charge is -2.17. The first-order valence-corrected chi connectivity index (χ1v) is 19.2. The Morgan fingerprint density at radius 1 is 0.583 bits per heavy atom. The molecule has 0 aliphatic rings. The van der Waals surface area contributed by atoms with Crippen LogP contribution in [0.25, 0.3) is 0 Å². The van der Waals surface area contributed by atoms with E-state index in [1.54, 1.807) is 0 Å². The number of hydrogen-bond acceptors (Lipinski definition) is 7. The molecule has 0 bridgehead atoms. The van der Waals surface area contributed by atoms with Crippen molar-refractivity contribution in [3.8, 4) is 0 Å². The molecule has 0 aromatic carbocycles. The molecule has 0 saturated carbocycles. The zero-order chi connectivity index (χ0) is 35.5. The molecule has 0 saturated heterocycles. The number of aliphatic hydroxyl groups excluding tert-OH is 3. The van der Waals surface area contributed by atoms with Crippen LogP contribution in [-0.2, 0) is 19.1 Å². The van der Waals surface area contributed by atoms with Gasteiger partial charge >= 0.3 is 11.9 Å². The lowest BCUT2D eigenvalue weighted by atomic mass is 10.0. The molecular formula is C41H72O7. The summed E-state index contributed by atoms with van der Waals surface area (Å²) >= 11 is 0. The summed E-state index contributed by atoms with van der Waals surface area (Å²) in [5, 5.41) is 30.0. The largest absolute Gasteiger partial charge is 0.462 e. The number of esters is 2. The molecule has 0 aliphatic heterocycles. The van der Waals surface area contributed by atoms with Gasteiger partial charge < -0.3 is 24.8 Å². The number of carbonyl (C=O) groups excluding carboxylic acids is 2. The molecule has 0 rings (SSSR count). The van der Waals surface area contributed by atoms with Crippen LogP contribution in [0.1, 0.15) is 162 Å². The van der Waals surface area contributed by atoms with Crippen molar-refractivity contribution in [1.82, 2.24) is 0 Å². The monoisotopic (exact) mass is 677 g/mol. The van der Waals surface area contributed by atoms with E-state index in [1.807, 2.05) is 12.2 Å². The lowest BCUT2D eigenvalue weighted by molar-refractivity contribution is -0.161. The first-order chi connectivity index (χ1) is 23.3. The Bertz CT molecular complexity index is 861. The summed E-state index contributed by atoms with van der Waals surface area (Å²) in [7, 11) is 0. The maximum Gasteiger partial charge on any atom is 0.306 e. The zero-order valence-corrected chi connectivity index (χ0v) is 30.9. The van der Waals surface area contributed by atoms with Crippen molar-refractivity contribution in [3.63, 3.8) is 0 Å². The molecule has 0 heterocycles. The second-order valence-corrected chi connectivity index (χ2v) is 13.4. The summed E-state index contributed by atoms with van der Waals surface area (Å²) in [4.78, 5) is 24.3. The van der Waals surface area contributed by atoms with Crippen molar-refractivity contribution in [2.45, 2.75) is 180 Å². The normalized spacial score (nSPS) is 14.1. The lowest BCUT2D eigenvalue weighted by Crippen LogP contribution is -2.28. The SMILES string of the molecule is CC/C=C\C/C=C\C/C=C\C/C=C\C[C@H](O)[C@@H](O)CCCC(=O)OC[C@H](CO)OC(=O)CCCCCCCCCCCCCCC(C)C. The first-order valence-electron chi connectivity index (χ1n) is 19.2. The maximum absolute atomic E-state index is 12.2. The van der Waals surface area contributed by atoms with Crippen LogP contribution in [0.3, 0.4) is 0 Å². The van der Waals surface area contributed by atoms with Gasteiger partial charge in [-0.25, -0.2) is 0 Å². The number of hydrogen-bond donors (Lipinski definition) is 3. The minimum Gasteiger partial charge on any atom is -0.462 e. The molecule has 0 radical (unpaired) electrons. The van der Waals surface area contributed by atoms with Gasteiger partial charge in [0.25, 0.3) is 0 Å². The Morgan fingerprint density at radius 3 is 1.58 bits per heavy atom. The van der Waals surface area contributed by atoms with Crippen LogP contribution in [-0.4, -0.2) is 58.8 Å². The fourth-order valence-corrected chi connectivity index (χ4v) is 5.24. The highest BCUT2D eigenvalue weighted by Gasteiger charge is 2.18. The van der Waals surface area contributed by atoms with E-state index >= 15 is 0 Å². The highest BCUT2D eigenvalue weighted by molar-refractivity contribution is 5.70. The molecule has 3 atom stereocenters. The number of allylic oxidation sites excluding steroid dienone is 7. The van der Waals surface area contributed by atoms with Gasteiger partial charge in [-0.3, -0.25) is 9.59 Å². The van der Waals surface area contributed by atoms with Crippen molar-refractivity contribution < 1.29 is 34.4 Å². The van der Waals surface area contributed by atoms with E-state index in [0.29, 0.717) is 19.3 Å². The Hall–Kier alpha value is -2.22. The van der Waals surface area contributed by atoms with E-state index in [4.69, 9.17) is 9.47 Å². The Kier molecular flexibility index (Phi) is 33.0. The van der Waals surface area contributed by atoms with Gasteiger partial charge in [-0.05, 0) is 57.3 Å². The Labute approximate surface area is 294 Å². The summed E-state index contributed by atoms with van der Waals surface area (Å²) in [5.41, 5.74) is 0. The molecule has 278 valence electrons. The molecule has 0 fully saturated rings. The van der Waals surface area contributed by atoms with Crippen LogP contribution in [0.5, 0.6) is 0 Å². The number of rotatable bonds is 33. The molecule has 7 nitrogen and oxygen atoms in total. The second-order valence-electron chi connectivity index (χ2n) is 13.4. The fraction of sp³-hybridized carbons (Fsp3) is 0.756. The van der Waals surface area contributed by atoms with Gasteiger partial charge in [0, 0.05) is 12.8 Å². The average Bonchev–Trinajstić information content (AvgIpc) is 3.06. The quantitative estimate of drug-likeness (QED) is 0.0360.